The fraction of sp³-hybridized carbons (Fsp3) is 0.423. The van der Waals surface area contributed by atoms with E-state index in [1.165, 1.54) is 5.56 Å². The number of carboxylic acids is 1. The first-order valence-corrected chi connectivity index (χ1v) is 11.5. The van der Waals surface area contributed by atoms with Crippen LogP contribution in [-0.4, -0.2) is 47.6 Å². The number of carbonyl (C=O) groups is 3. The quantitative estimate of drug-likeness (QED) is 0.397. The molecule has 4 atom stereocenters. The van der Waals surface area contributed by atoms with E-state index in [2.05, 4.69) is 28.1 Å². The Morgan fingerprint density at radius 1 is 0.939 bits per heavy atom. The smallest absolute Gasteiger partial charge is 0.326 e. The van der Waals surface area contributed by atoms with Crippen molar-refractivity contribution in [2.45, 2.75) is 57.2 Å². The van der Waals surface area contributed by atoms with Gasteiger partial charge in [0.25, 0.3) is 0 Å². The molecule has 1 fully saturated rings. The fourth-order valence-electron chi connectivity index (χ4n) is 3.98. The normalized spacial score (nSPS) is 18.9. The van der Waals surface area contributed by atoms with Crippen molar-refractivity contribution in [1.82, 2.24) is 16.0 Å². The molecule has 0 radical (unpaired) electrons. The number of rotatable bonds is 12. The van der Waals surface area contributed by atoms with Crippen molar-refractivity contribution in [2.24, 2.45) is 5.92 Å². The van der Waals surface area contributed by atoms with Crippen LogP contribution < -0.4 is 16.0 Å². The van der Waals surface area contributed by atoms with Crippen molar-refractivity contribution in [3.63, 3.8) is 0 Å². The first-order chi connectivity index (χ1) is 15.8. The highest BCUT2D eigenvalue weighted by Crippen LogP contribution is 2.40. The molecule has 3 rings (SSSR count). The van der Waals surface area contributed by atoms with Crippen LogP contribution in [0.15, 0.2) is 60.7 Å². The highest BCUT2D eigenvalue weighted by atomic mass is 16.4. The number of aliphatic carboxylic acids is 1. The number of carboxylic acid groups (broad SMARTS) is 1. The Kier molecular flexibility index (Phi) is 8.60. The Morgan fingerprint density at radius 2 is 1.58 bits per heavy atom. The van der Waals surface area contributed by atoms with Crippen molar-refractivity contribution in [3.8, 4) is 0 Å². The standard InChI is InChI=1S/C26H33N3O4/c1-17(2)13-23(26(32)33)29-25(31)22(14-18-9-5-3-6-10-18)28-24(30)16-27-21-15-20(21)19-11-7-4-8-12-19/h3-12,17,20-23,27H,13-16H2,1-2H3,(H,28,30)(H,29,31)(H,32,33)/t20-,21+,22?,23?/m1/s1. The molecule has 4 N–H and O–H groups in total. The summed E-state index contributed by atoms with van der Waals surface area (Å²) in [7, 11) is 0. The zero-order chi connectivity index (χ0) is 23.8. The van der Waals surface area contributed by atoms with Crippen molar-refractivity contribution in [1.29, 1.82) is 0 Å². The second kappa shape index (κ2) is 11.6. The second-order valence-electron chi connectivity index (χ2n) is 9.08. The van der Waals surface area contributed by atoms with E-state index in [9.17, 15) is 19.5 Å². The highest BCUT2D eigenvalue weighted by molar-refractivity contribution is 5.91. The maximum atomic E-state index is 13.0. The third kappa shape index (κ3) is 7.71. The van der Waals surface area contributed by atoms with Gasteiger partial charge in [-0.05, 0) is 29.9 Å². The predicted octanol–water partition coefficient (Wildman–Crippen LogP) is 2.48. The summed E-state index contributed by atoms with van der Waals surface area (Å²) in [5.41, 5.74) is 2.13. The average molecular weight is 452 g/mol. The van der Waals surface area contributed by atoms with Gasteiger partial charge in [0.1, 0.15) is 12.1 Å². The molecule has 0 heterocycles. The van der Waals surface area contributed by atoms with Crippen LogP contribution >= 0.6 is 0 Å². The first-order valence-electron chi connectivity index (χ1n) is 11.5. The van der Waals surface area contributed by atoms with Gasteiger partial charge in [0.2, 0.25) is 11.8 Å². The fourth-order valence-corrected chi connectivity index (χ4v) is 3.98. The molecule has 176 valence electrons. The topological polar surface area (TPSA) is 108 Å². The van der Waals surface area contributed by atoms with Gasteiger partial charge in [-0.3, -0.25) is 9.59 Å². The molecule has 2 unspecified atom stereocenters. The number of hydrogen-bond donors (Lipinski definition) is 4. The van der Waals surface area contributed by atoms with Crippen LogP contribution in [0.1, 0.15) is 43.7 Å². The Morgan fingerprint density at radius 3 is 2.18 bits per heavy atom. The lowest BCUT2D eigenvalue weighted by Gasteiger charge is -2.22. The van der Waals surface area contributed by atoms with Gasteiger partial charge in [-0.2, -0.15) is 0 Å². The Labute approximate surface area is 195 Å². The summed E-state index contributed by atoms with van der Waals surface area (Å²) in [5, 5.41) is 18.1. The van der Waals surface area contributed by atoms with Gasteiger partial charge >= 0.3 is 5.97 Å². The number of nitrogens with one attached hydrogen (secondary N) is 3. The minimum absolute atomic E-state index is 0.0981. The molecule has 2 aromatic carbocycles. The summed E-state index contributed by atoms with van der Waals surface area (Å²) in [6.07, 6.45) is 1.57. The molecule has 0 saturated heterocycles. The summed E-state index contributed by atoms with van der Waals surface area (Å²) in [6.45, 7) is 3.90. The maximum Gasteiger partial charge on any atom is 0.326 e. The van der Waals surface area contributed by atoms with E-state index in [1.54, 1.807) is 0 Å². The molecule has 0 aliphatic heterocycles. The van der Waals surface area contributed by atoms with Gasteiger partial charge in [-0.15, -0.1) is 0 Å². The van der Waals surface area contributed by atoms with Crippen LogP contribution in [0, 0.1) is 5.92 Å². The van der Waals surface area contributed by atoms with Crippen molar-refractivity contribution in [3.05, 3.63) is 71.8 Å². The molecule has 1 saturated carbocycles. The summed E-state index contributed by atoms with van der Waals surface area (Å²) in [6, 6.07) is 17.9. The zero-order valence-electron chi connectivity index (χ0n) is 19.2. The van der Waals surface area contributed by atoms with Crippen LogP contribution in [0.25, 0.3) is 0 Å². The molecule has 0 aromatic heterocycles. The lowest BCUT2D eigenvalue weighted by Crippen LogP contribution is -2.54. The molecule has 0 bridgehead atoms. The Balaban J connectivity index is 1.58. The summed E-state index contributed by atoms with van der Waals surface area (Å²) < 4.78 is 0. The highest BCUT2D eigenvalue weighted by Gasteiger charge is 2.38. The van der Waals surface area contributed by atoms with Crippen LogP contribution in [0.3, 0.4) is 0 Å². The van der Waals surface area contributed by atoms with E-state index in [1.807, 2.05) is 62.4 Å². The summed E-state index contributed by atoms with van der Waals surface area (Å²) in [5.74, 6) is -1.36. The Bertz CT molecular complexity index is 933. The van der Waals surface area contributed by atoms with Crippen LogP contribution in [0.5, 0.6) is 0 Å². The molecule has 0 spiro atoms. The van der Waals surface area contributed by atoms with Gasteiger partial charge in [0.15, 0.2) is 0 Å². The van der Waals surface area contributed by atoms with Gasteiger partial charge in [0.05, 0.1) is 6.54 Å². The van der Waals surface area contributed by atoms with Crippen molar-refractivity contribution >= 4 is 17.8 Å². The van der Waals surface area contributed by atoms with Gasteiger partial charge in [0, 0.05) is 18.4 Å². The monoisotopic (exact) mass is 451 g/mol. The zero-order valence-corrected chi connectivity index (χ0v) is 19.2. The third-order valence-corrected chi connectivity index (χ3v) is 5.80. The minimum Gasteiger partial charge on any atom is -0.480 e. The van der Waals surface area contributed by atoms with Crippen LogP contribution in [0.4, 0.5) is 0 Å². The lowest BCUT2D eigenvalue weighted by atomic mass is 10.0. The SMILES string of the molecule is CC(C)CC(NC(=O)C(Cc1ccccc1)NC(=O)CN[C@H]1C[C@@H]1c1ccccc1)C(=O)O. The summed E-state index contributed by atoms with van der Waals surface area (Å²) >= 11 is 0. The Hall–Kier alpha value is -3.19. The van der Waals surface area contributed by atoms with Gasteiger partial charge < -0.3 is 21.1 Å². The van der Waals surface area contributed by atoms with E-state index in [4.69, 9.17) is 0 Å². The van der Waals surface area contributed by atoms with E-state index < -0.39 is 24.0 Å². The third-order valence-electron chi connectivity index (χ3n) is 5.80. The molecule has 1 aliphatic rings. The van der Waals surface area contributed by atoms with E-state index >= 15 is 0 Å². The minimum atomic E-state index is -1.08. The number of carbonyl (C=O) groups excluding carboxylic acids is 2. The van der Waals surface area contributed by atoms with Crippen LogP contribution in [0.2, 0.25) is 0 Å². The van der Waals surface area contributed by atoms with Crippen molar-refractivity contribution in [2.75, 3.05) is 6.54 Å². The molecule has 2 aromatic rings. The lowest BCUT2D eigenvalue weighted by molar-refractivity contribution is -0.142. The van der Waals surface area contributed by atoms with E-state index in [-0.39, 0.29) is 30.8 Å². The second-order valence-corrected chi connectivity index (χ2v) is 9.08. The molecular formula is C26H33N3O4. The number of hydrogen-bond acceptors (Lipinski definition) is 4. The first kappa shape index (κ1) is 24.5. The molecular weight excluding hydrogens is 418 g/mol. The molecule has 1 aliphatic carbocycles. The molecule has 7 heteroatoms. The average Bonchev–Trinajstić information content (AvgIpc) is 3.57. The summed E-state index contributed by atoms with van der Waals surface area (Å²) in [4.78, 5) is 37.2. The molecule has 2 amide bonds. The number of amides is 2. The van der Waals surface area contributed by atoms with Gasteiger partial charge in [-0.25, -0.2) is 4.79 Å². The molecule has 7 nitrogen and oxygen atoms in total. The van der Waals surface area contributed by atoms with Crippen LogP contribution in [-0.2, 0) is 20.8 Å². The van der Waals surface area contributed by atoms with E-state index in [0.29, 0.717) is 12.3 Å². The van der Waals surface area contributed by atoms with E-state index in [0.717, 1.165) is 12.0 Å². The maximum absolute atomic E-state index is 13.0. The van der Waals surface area contributed by atoms with Crippen molar-refractivity contribution < 1.29 is 19.5 Å². The van der Waals surface area contributed by atoms with Gasteiger partial charge in [-0.1, -0.05) is 74.5 Å². The largest absolute Gasteiger partial charge is 0.480 e. The molecule has 33 heavy (non-hydrogen) atoms. The number of benzene rings is 2. The predicted molar refractivity (Wildman–Crippen MR) is 127 cm³/mol.